The third kappa shape index (κ3) is 6.58. The lowest BCUT2D eigenvalue weighted by atomic mass is 9.84. The van der Waals surface area contributed by atoms with E-state index < -0.39 is 6.10 Å². The molecule has 3 unspecified atom stereocenters. The Morgan fingerprint density at radius 3 is 2.21 bits per heavy atom. The molecule has 0 amide bonds. The van der Waals surface area contributed by atoms with Gasteiger partial charge in [-0.2, -0.15) is 0 Å². The molecule has 3 N–H and O–H groups in total. The summed E-state index contributed by atoms with van der Waals surface area (Å²) in [4.78, 5) is 4.02. The van der Waals surface area contributed by atoms with Crippen LogP contribution < -0.4 is 0 Å². The molecule has 2 aromatic rings. The fourth-order valence-corrected chi connectivity index (χ4v) is 3.98. The van der Waals surface area contributed by atoms with E-state index >= 15 is 0 Å². The third-order valence-corrected chi connectivity index (χ3v) is 6.02. The van der Waals surface area contributed by atoms with E-state index in [2.05, 4.69) is 34.8 Å². The van der Waals surface area contributed by atoms with E-state index in [1.807, 2.05) is 0 Å². The molecule has 0 aliphatic carbocycles. The van der Waals surface area contributed by atoms with Crippen molar-refractivity contribution in [3.8, 4) is 11.5 Å². The molecule has 1 aromatic heterocycles. The summed E-state index contributed by atoms with van der Waals surface area (Å²) in [5, 5.41) is 32.5. The van der Waals surface area contributed by atoms with Crippen LogP contribution in [0.2, 0.25) is 0 Å². The van der Waals surface area contributed by atoms with Crippen molar-refractivity contribution in [3.63, 3.8) is 0 Å². The molecule has 1 heterocycles. The fraction of sp³-hybridized carbons (Fsp3) is 0.458. The van der Waals surface area contributed by atoms with Crippen LogP contribution >= 0.6 is 15.9 Å². The molecule has 5 heteroatoms. The maximum Gasteiger partial charge on any atom is 0.127 e. The number of nitrogens with zero attached hydrogens (tertiary/aromatic N) is 1. The highest BCUT2D eigenvalue weighted by Gasteiger charge is 2.21. The first-order chi connectivity index (χ1) is 13.8. The molecule has 0 spiro atoms. The summed E-state index contributed by atoms with van der Waals surface area (Å²) in [5.41, 5.74) is 2.60. The molecule has 29 heavy (non-hydrogen) atoms. The Kier molecular flexibility index (Phi) is 9.18. The molecule has 158 valence electrons. The van der Waals surface area contributed by atoms with Crippen LogP contribution in [0.1, 0.15) is 69.1 Å². The van der Waals surface area contributed by atoms with Crippen LogP contribution in [0.3, 0.4) is 0 Å². The summed E-state index contributed by atoms with van der Waals surface area (Å²) in [6, 6.07) is 7.06. The number of alkyl halides is 1. The fourth-order valence-electron chi connectivity index (χ4n) is 3.58. The number of rotatable bonds is 10. The van der Waals surface area contributed by atoms with Crippen LogP contribution in [0, 0.1) is 5.92 Å². The van der Waals surface area contributed by atoms with Gasteiger partial charge in [-0.15, -0.1) is 0 Å². The van der Waals surface area contributed by atoms with Gasteiger partial charge in [0.2, 0.25) is 0 Å². The molecule has 4 nitrogen and oxygen atoms in total. The molecule has 0 bridgehead atoms. The Hall–Kier alpha value is -1.85. The van der Waals surface area contributed by atoms with E-state index in [0.29, 0.717) is 17.1 Å². The summed E-state index contributed by atoms with van der Waals surface area (Å²) >= 11 is 3.47. The quantitative estimate of drug-likeness (QED) is 0.299. The van der Waals surface area contributed by atoms with Crippen LogP contribution in [0.5, 0.6) is 11.5 Å². The van der Waals surface area contributed by atoms with Gasteiger partial charge in [0, 0.05) is 17.7 Å². The van der Waals surface area contributed by atoms with Crippen molar-refractivity contribution in [2.45, 2.75) is 58.5 Å². The highest BCUT2D eigenvalue weighted by Crippen LogP contribution is 2.41. The molecule has 0 saturated carbocycles. The van der Waals surface area contributed by atoms with Crippen LogP contribution in [0.25, 0.3) is 5.57 Å². The lowest BCUT2D eigenvalue weighted by Gasteiger charge is -2.22. The second-order valence-corrected chi connectivity index (χ2v) is 8.59. The zero-order valence-corrected chi connectivity index (χ0v) is 19.1. The van der Waals surface area contributed by atoms with Gasteiger partial charge in [-0.05, 0) is 72.2 Å². The van der Waals surface area contributed by atoms with E-state index in [1.165, 1.54) is 19.3 Å². The number of phenols is 2. The highest BCUT2D eigenvalue weighted by atomic mass is 79.9. The van der Waals surface area contributed by atoms with Crippen molar-refractivity contribution in [3.05, 3.63) is 59.4 Å². The molecule has 2 rings (SSSR count). The zero-order chi connectivity index (χ0) is 21.4. The van der Waals surface area contributed by atoms with E-state index in [1.54, 1.807) is 49.7 Å². The predicted molar refractivity (Wildman–Crippen MR) is 123 cm³/mol. The Bertz CT molecular complexity index is 782. The summed E-state index contributed by atoms with van der Waals surface area (Å²) in [6.07, 6.45) is 8.87. The zero-order valence-electron chi connectivity index (χ0n) is 17.5. The molecule has 0 aliphatic rings. The maximum atomic E-state index is 10.8. The van der Waals surface area contributed by atoms with E-state index in [0.717, 1.165) is 22.9 Å². The van der Waals surface area contributed by atoms with Crippen LogP contribution in [0.15, 0.2) is 42.7 Å². The number of phenolic OH excluding ortho intramolecular Hbond substituents is 2. The number of halogens is 1. The number of unbranched alkanes of at least 4 members (excludes halogenated alkanes) is 2. The van der Waals surface area contributed by atoms with Crippen LogP contribution in [0.4, 0.5) is 0 Å². The van der Waals surface area contributed by atoms with E-state index in [9.17, 15) is 15.3 Å². The molecular formula is C24H32BrNO3. The topological polar surface area (TPSA) is 73.6 Å². The van der Waals surface area contributed by atoms with Gasteiger partial charge in [0.1, 0.15) is 11.5 Å². The minimum atomic E-state index is -0.727. The molecule has 3 atom stereocenters. The average Bonchev–Trinajstić information content (AvgIpc) is 2.69. The number of benzene rings is 1. The second kappa shape index (κ2) is 11.4. The van der Waals surface area contributed by atoms with Crippen molar-refractivity contribution in [1.29, 1.82) is 0 Å². The Morgan fingerprint density at radius 2 is 1.66 bits per heavy atom. The predicted octanol–water partition coefficient (Wildman–Crippen LogP) is 6.00. The maximum absolute atomic E-state index is 10.8. The van der Waals surface area contributed by atoms with Crippen molar-refractivity contribution in [2.75, 3.05) is 5.33 Å². The monoisotopic (exact) mass is 461 g/mol. The van der Waals surface area contributed by atoms with Gasteiger partial charge in [-0.25, -0.2) is 0 Å². The van der Waals surface area contributed by atoms with Gasteiger partial charge in [0.15, 0.2) is 0 Å². The van der Waals surface area contributed by atoms with Gasteiger partial charge in [-0.3, -0.25) is 4.98 Å². The molecule has 0 aliphatic heterocycles. The number of hydrogen-bond donors (Lipinski definition) is 3. The average molecular weight is 462 g/mol. The second-order valence-electron chi connectivity index (χ2n) is 7.80. The van der Waals surface area contributed by atoms with Crippen molar-refractivity contribution >= 4 is 21.5 Å². The number of aromatic nitrogens is 1. The van der Waals surface area contributed by atoms with E-state index in [-0.39, 0.29) is 17.4 Å². The summed E-state index contributed by atoms with van der Waals surface area (Å²) < 4.78 is 0. The van der Waals surface area contributed by atoms with Crippen LogP contribution in [-0.4, -0.2) is 31.7 Å². The lowest BCUT2D eigenvalue weighted by molar-refractivity contribution is 0.244. The third-order valence-electron chi connectivity index (χ3n) is 5.46. The molecule has 1 aromatic carbocycles. The van der Waals surface area contributed by atoms with Crippen molar-refractivity contribution in [2.24, 2.45) is 5.92 Å². The summed E-state index contributed by atoms with van der Waals surface area (Å²) in [6.45, 7) is 6.00. The number of aliphatic hydroxyl groups excluding tert-OH is 1. The normalized spacial score (nSPS) is 15.1. The van der Waals surface area contributed by atoms with Gasteiger partial charge in [0.05, 0.1) is 11.7 Å². The molecule has 0 fully saturated rings. The first-order valence-corrected chi connectivity index (χ1v) is 11.4. The molecule has 0 radical (unpaired) electrons. The number of pyridine rings is 1. The van der Waals surface area contributed by atoms with Gasteiger partial charge in [0.25, 0.3) is 0 Å². The summed E-state index contributed by atoms with van der Waals surface area (Å²) in [5.74, 6) is 0.696. The lowest BCUT2D eigenvalue weighted by Crippen LogP contribution is -2.07. The SMILES string of the molecule is CC(O)/C=C(/c1ccncc1)c1c(O)cc(C(C)C(C)CCCCCBr)cc1O. The molecular weight excluding hydrogens is 430 g/mol. The number of hydrogen-bond acceptors (Lipinski definition) is 4. The minimum Gasteiger partial charge on any atom is -0.507 e. The standard InChI is InChI=1S/C24H32BrNO3/c1-16(7-5-4-6-10-25)18(3)20-14-22(28)24(23(29)15-20)21(13-17(2)27)19-8-11-26-12-9-19/h8-9,11-18,27-29H,4-7,10H2,1-3H3/b21-13-. The Labute approximate surface area is 182 Å². The van der Waals surface area contributed by atoms with Gasteiger partial charge in [-0.1, -0.05) is 49.0 Å². The van der Waals surface area contributed by atoms with Crippen LogP contribution in [-0.2, 0) is 0 Å². The largest absolute Gasteiger partial charge is 0.507 e. The Balaban J connectivity index is 2.32. The molecule has 0 saturated heterocycles. The number of aliphatic hydroxyl groups is 1. The highest BCUT2D eigenvalue weighted by molar-refractivity contribution is 9.09. The Morgan fingerprint density at radius 1 is 1.03 bits per heavy atom. The number of aromatic hydroxyl groups is 2. The smallest absolute Gasteiger partial charge is 0.127 e. The first kappa shape index (κ1) is 23.4. The minimum absolute atomic E-state index is 0.0158. The van der Waals surface area contributed by atoms with E-state index in [4.69, 9.17) is 0 Å². The first-order valence-electron chi connectivity index (χ1n) is 10.3. The summed E-state index contributed by atoms with van der Waals surface area (Å²) in [7, 11) is 0. The van der Waals surface area contributed by atoms with Gasteiger partial charge >= 0.3 is 0 Å². The van der Waals surface area contributed by atoms with Crippen molar-refractivity contribution < 1.29 is 15.3 Å². The van der Waals surface area contributed by atoms with Gasteiger partial charge < -0.3 is 15.3 Å². The van der Waals surface area contributed by atoms with Crippen molar-refractivity contribution in [1.82, 2.24) is 4.98 Å².